The fourth-order valence-electron chi connectivity index (χ4n) is 2.82. The molecule has 0 bridgehead atoms. The molecule has 2 fully saturated rings. The van der Waals surface area contributed by atoms with E-state index >= 15 is 0 Å². The lowest BCUT2D eigenvalue weighted by molar-refractivity contribution is 0.166. The largest absolute Gasteiger partial charge is 0.381 e. The Hall–Kier alpha value is -0.120. The van der Waals surface area contributed by atoms with Crippen LogP contribution in [0.25, 0.3) is 0 Å². The van der Waals surface area contributed by atoms with Crippen LogP contribution >= 0.6 is 0 Å². The quantitative estimate of drug-likeness (QED) is 0.742. The zero-order chi connectivity index (χ0) is 11.2. The lowest BCUT2D eigenvalue weighted by atomic mass is 9.98. The van der Waals surface area contributed by atoms with Crippen LogP contribution in [0, 0.1) is 5.92 Å². The molecule has 1 N–H and O–H groups in total. The molecule has 2 atom stereocenters. The van der Waals surface area contributed by atoms with Crippen molar-refractivity contribution >= 4 is 0 Å². The fraction of sp³-hybridized carbons (Fsp3) is 1.00. The van der Waals surface area contributed by atoms with Gasteiger partial charge in [0, 0.05) is 25.1 Å². The first kappa shape index (κ1) is 12.3. The maximum Gasteiger partial charge on any atom is 0.0510 e. The second-order valence-corrected chi connectivity index (χ2v) is 5.19. The Labute approximate surface area is 99.5 Å². The van der Waals surface area contributed by atoms with E-state index in [-0.39, 0.29) is 0 Å². The van der Waals surface area contributed by atoms with Crippen molar-refractivity contribution in [3.63, 3.8) is 0 Å². The maximum atomic E-state index is 5.52. The minimum atomic E-state index is 0.653. The Morgan fingerprint density at radius 1 is 1.38 bits per heavy atom. The highest BCUT2D eigenvalue weighted by molar-refractivity contribution is 4.83. The number of ether oxygens (including phenoxy) is 1. The predicted octanol–water partition coefficient (Wildman–Crippen LogP) is 1.49. The van der Waals surface area contributed by atoms with Crippen LogP contribution in [0.4, 0.5) is 0 Å². The van der Waals surface area contributed by atoms with Crippen molar-refractivity contribution in [1.29, 1.82) is 0 Å². The van der Waals surface area contributed by atoms with E-state index in [2.05, 4.69) is 17.1 Å². The molecule has 0 radical (unpaired) electrons. The summed E-state index contributed by atoms with van der Waals surface area (Å²) in [6.45, 7) is 9.16. The van der Waals surface area contributed by atoms with Gasteiger partial charge in [0.1, 0.15) is 0 Å². The topological polar surface area (TPSA) is 24.5 Å². The van der Waals surface area contributed by atoms with E-state index in [0.29, 0.717) is 6.04 Å². The SMILES string of the molecule is CCCNC(CN1CCCC1)C1CCOC1. The first-order valence-corrected chi connectivity index (χ1v) is 6.93. The lowest BCUT2D eigenvalue weighted by Crippen LogP contribution is -2.45. The Morgan fingerprint density at radius 2 is 2.19 bits per heavy atom. The molecule has 2 unspecified atom stereocenters. The van der Waals surface area contributed by atoms with Crippen molar-refractivity contribution in [2.75, 3.05) is 39.4 Å². The zero-order valence-corrected chi connectivity index (χ0v) is 10.6. The van der Waals surface area contributed by atoms with Crippen molar-refractivity contribution in [2.24, 2.45) is 5.92 Å². The molecule has 0 spiro atoms. The van der Waals surface area contributed by atoms with Gasteiger partial charge in [-0.3, -0.25) is 0 Å². The molecule has 0 amide bonds. The summed E-state index contributed by atoms with van der Waals surface area (Å²) in [5.74, 6) is 0.743. The number of likely N-dealkylation sites (tertiary alicyclic amines) is 1. The van der Waals surface area contributed by atoms with Crippen LogP contribution in [0.3, 0.4) is 0 Å². The molecule has 3 heteroatoms. The van der Waals surface area contributed by atoms with E-state index in [1.54, 1.807) is 0 Å². The minimum Gasteiger partial charge on any atom is -0.381 e. The average molecular weight is 226 g/mol. The van der Waals surface area contributed by atoms with E-state index in [1.165, 1.54) is 45.3 Å². The van der Waals surface area contributed by atoms with E-state index in [1.807, 2.05) is 0 Å². The second kappa shape index (κ2) is 6.58. The number of nitrogens with one attached hydrogen (secondary N) is 1. The molecule has 2 heterocycles. The highest BCUT2D eigenvalue weighted by Crippen LogP contribution is 2.19. The summed E-state index contributed by atoms with van der Waals surface area (Å²) in [5.41, 5.74) is 0. The molecule has 0 aromatic rings. The van der Waals surface area contributed by atoms with E-state index in [0.717, 1.165) is 25.7 Å². The monoisotopic (exact) mass is 226 g/mol. The van der Waals surface area contributed by atoms with Gasteiger partial charge in [0.25, 0.3) is 0 Å². The van der Waals surface area contributed by atoms with Gasteiger partial charge >= 0.3 is 0 Å². The van der Waals surface area contributed by atoms with Gasteiger partial charge in [-0.1, -0.05) is 6.92 Å². The molecule has 0 saturated carbocycles. The summed E-state index contributed by atoms with van der Waals surface area (Å²) in [4.78, 5) is 2.62. The maximum absolute atomic E-state index is 5.52. The van der Waals surface area contributed by atoms with Crippen molar-refractivity contribution in [3.8, 4) is 0 Å². The Bertz CT molecular complexity index is 186. The van der Waals surface area contributed by atoms with Gasteiger partial charge in [-0.15, -0.1) is 0 Å². The standard InChI is InChI=1S/C13H26N2O/c1-2-6-14-13(12-5-9-16-11-12)10-15-7-3-4-8-15/h12-14H,2-11H2,1H3. The van der Waals surface area contributed by atoms with Crippen molar-refractivity contribution in [3.05, 3.63) is 0 Å². The third-order valence-corrected chi connectivity index (χ3v) is 3.84. The molecule has 2 saturated heterocycles. The summed E-state index contributed by atoms with van der Waals surface area (Å²) in [6.07, 6.45) is 5.25. The molecular weight excluding hydrogens is 200 g/mol. The molecule has 0 aromatic carbocycles. The summed E-state index contributed by atoms with van der Waals surface area (Å²) >= 11 is 0. The molecule has 0 aromatic heterocycles. The van der Waals surface area contributed by atoms with Crippen LogP contribution in [-0.4, -0.2) is 50.3 Å². The molecule has 2 aliphatic rings. The van der Waals surface area contributed by atoms with Crippen LogP contribution in [0.1, 0.15) is 32.6 Å². The predicted molar refractivity (Wildman–Crippen MR) is 66.7 cm³/mol. The van der Waals surface area contributed by atoms with Gasteiger partial charge in [0.2, 0.25) is 0 Å². The first-order chi connectivity index (χ1) is 7.90. The van der Waals surface area contributed by atoms with E-state index in [4.69, 9.17) is 4.74 Å². The first-order valence-electron chi connectivity index (χ1n) is 6.93. The Balaban J connectivity index is 1.80. The van der Waals surface area contributed by atoms with Crippen LogP contribution in [-0.2, 0) is 4.74 Å². The Morgan fingerprint density at radius 3 is 2.81 bits per heavy atom. The van der Waals surface area contributed by atoms with E-state index in [9.17, 15) is 0 Å². The van der Waals surface area contributed by atoms with Crippen LogP contribution in [0.15, 0.2) is 0 Å². The Kier molecular flexibility index (Phi) is 5.07. The van der Waals surface area contributed by atoms with Gasteiger partial charge in [-0.05, 0) is 45.3 Å². The number of hydrogen-bond acceptors (Lipinski definition) is 3. The van der Waals surface area contributed by atoms with Gasteiger partial charge in [0.05, 0.1) is 6.61 Å². The van der Waals surface area contributed by atoms with Crippen molar-refractivity contribution in [1.82, 2.24) is 10.2 Å². The van der Waals surface area contributed by atoms with Gasteiger partial charge in [0.15, 0.2) is 0 Å². The highest BCUT2D eigenvalue weighted by atomic mass is 16.5. The van der Waals surface area contributed by atoms with E-state index < -0.39 is 0 Å². The fourth-order valence-corrected chi connectivity index (χ4v) is 2.82. The molecule has 2 rings (SSSR count). The van der Waals surface area contributed by atoms with Crippen molar-refractivity contribution < 1.29 is 4.74 Å². The van der Waals surface area contributed by atoms with Gasteiger partial charge < -0.3 is 15.0 Å². The summed E-state index contributed by atoms with van der Waals surface area (Å²) in [5, 5.41) is 3.72. The molecule has 3 nitrogen and oxygen atoms in total. The van der Waals surface area contributed by atoms with Crippen LogP contribution < -0.4 is 5.32 Å². The third-order valence-electron chi connectivity index (χ3n) is 3.84. The van der Waals surface area contributed by atoms with Crippen LogP contribution in [0.5, 0.6) is 0 Å². The minimum absolute atomic E-state index is 0.653. The number of hydrogen-bond donors (Lipinski definition) is 1. The summed E-state index contributed by atoms with van der Waals surface area (Å²) < 4.78 is 5.52. The lowest BCUT2D eigenvalue weighted by Gasteiger charge is -2.28. The summed E-state index contributed by atoms with van der Waals surface area (Å²) in [6, 6.07) is 0.653. The summed E-state index contributed by atoms with van der Waals surface area (Å²) in [7, 11) is 0. The zero-order valence-electron chi connectivity index (χ0n) is 10.6. The molecule has 0 aliphatic carbocycles. The highest BCUT2D eigenvalue weighted by Gasteiger charge is 2.27. The molecule has 2 aliphatic heterocycles. The normalized spacial score (nSPS) is 28.7. The third kappa shape index (κ3) is 3.44. The van der Waals surface area contributed by atoms with Crippen LogP contribution in [0.2, 0.25) is 0 Å². The second-order valence-electron chi connectivity index (χ2n) is 5.19. The average Bonchev–Trinajstić information content (AvgIpc) is 2.96. The molecule has 16 heavy (non-hydrogen) atoms. The van der Waals surface area contributed by atoms with Crippen molar-refractivity contribution in [2.45, 2.75) is 38.6 Å². The molecular formula is C13H26N2O. The van der Waals surface area contributed by atoms with Gasteiger partial charge in [-0.25, -0.2) is 0 Å². The van der Waals surface area contributed by atoms with Gasteiger partial charge in [-0.2, -0.15) is 0 Å². The number of rotatable bonds is 6. The molecule has 94 valence electrons. The number of nitrogens with zero attached hydrogens (tertiary/aromatic N) is 1. The smallest absolute Gasteiger partial charge is 0.0510 e.